The van der Waals surface area contributed by atoms with Crippen molar-refractivity contribution in [1.82, 2.24) is 4.98 Å². The van der Waals surface area contributed by atoms with Crippen LogP contribution in [0.4, 0.5) is 0 Å². The molecule has 0 fully saturated rings. The highest BCUT2D eigenvalue weighted by Crippen LogP contribution is 2.17. The molecule has 0 unspecified atom stereocenters. The molecule has 10 heavy (non-hydrogen) atoms. The number of fused-ring (bicyclic) bond motifs is 1. The molecule has 0 aromatic carbocycles. The third kappa shape index (κ3) is 1.20. The molecular weight excluding hydrogens is 210 g/mol. The van der Waals surface area contributed by atoms with Gasteiger partial charge >= 0.3 is 0 Å². The van der Waals surface area contributed by atoms with Gasteiger partial charge in [-0.25, -0.2) is 0 Å². The summed E-state index contributed by atoms with van der Waals surface area (Å²) in [6, 6.07) is 4.12. The van der Waals surface area contributed by atoms with Crippen molar-refractivity contribution in [2.45, 2.75) is 0 Å². The van der Waals surface area contributed by atoms with Crippen LogP contribution in [0.3, 0.4) is 0 Å². The molecule has 2 aromatic rings. The van der Waals surface area contributed by atoms with Crippen molar-refractivity contribution in [3.8, 4) is 0 Å². The van der Waals surface area contributed by atoms with Gasteiger partial charge in [0.15, 0.2) is 0 Å². The molecule has 52 valence electrons. The molecule has 0 bridgehead atoms. The summed E-state index contributed by atoms with van der Waals surface area (Å²) in [5, 5.41) is 3.36. The molecular formula is C7H6BrNS. The average Bonchev–Trinajstić information content (AvgIpc) is 2.33. The first-order valence-electron chi connectivity index (χ1n) is 2.74. The summed E-state index contributed by atoms with van der Waals surface area (Å²) in [4.78, 5) is 4.00. The smallest absolute Gasteiger partial charge is 0.0526 e. The van der Waals surface area contributed by atoms with Gasteiger partial charge in [-0.2, -0.15) is 0 Å². The maximum absolute atomic E-state index is 4.00. The summed E-state index contributed by atoms with van der Waals surface area (Å²) in [6.45, 7) is 0. The molecule has 3 heteroatoms. The molecule has 2 heterocycles. The van der Waals surface area contributed by atoms with E-state index in [9.17, 15) is 0 Å². The predicted molar refractivity (Wildman–Crippen MR) is 49.9 cm³/mol. The Morgan fingerprint density at radius 1 is 1.30 bits per heavy atom. The predicted octanol–water partition coefficient (Wildman–Crippen LogP) is 2.87. The summed E-state index contributed by atoms with van der Waals surface area (Å²) < 4.78 is 1.26. The third-order valence-electron chi connectivity index (χ3n) is 1.26. The van der Waals surface area contributed by atoms with Gasteiger partial charge < -0.3 is 0 Å². The number of pyridine rings is 1. The van der Waals surface area contributed by atoms with Crippen LogP contribution in [-0.2, 0) is 0 Å². The van der Waals surface area contributed by atoms with Crippen LogP contribution in [0.25, 0.3) is 10.1 Å². The van der Waals surface area contributed by atoms with E-state index in [1.165, 1.54) is 10.1 Å². The van der Waals surface area contributed by atoms with Gasteiger partial charge in [0.2, 0.25) is 0 Å². The highest BCUT2D eigenvalue weighted by molar-refractivity contribution is 8.93. The largest absolute Gasteiger partial charge is 0.263 e. The molecule has 0 N–H and O–H groups in total. The Bertz CT molecular complexity index is 288. The molecule has 0 saturated heterocycles. The van der Waals surface area contributed by atoms with E-state index in [2.05, 4.69) is 16.4 Å². The van der Waals surface area contributed by atoms with E-state index in [4.69, 9.17) is 0 Å². The first kappa shape index (κ1) is 7.69. The Kier molecular flexibility index (Phi) is 2.40. The molecule has 2 aromatic heterocycles. The highest BCUT2D eigenvalue weighted by Gasteiger charge is 1.88. The number of aromatic nitrogens is 1. The van der Waals surface area contributed by atoms with E-state index in [0.29, 0.717) is 0 Å². The molecule has 1 nitrogen and oxygen atoms in total. The van der Waals surface area contributed by atoms with Crippen LogP contribution in [0.5, 0.6) is 0 Å². The molecule has 2 rings (SSSR count). The van der Waals surface area contributed by atoms with Gasteiger partial charge in [0, 0.05) is 12.4 Å². The van der Waals surface area contributed by atoms with Crippen molar-refractivity contribution >= 4 is 38.4 Å². The number of thiophene rings is 1. The minimum absolute atomic E-state index is 0. The average molecular weight is 216 g/mol. The standard InChI is InChI=1S/C7H5NS.BrH/c1-3-8-5-7-6(1)2-4-9-7;/h1-5H;1H. The molecule has 0 saturated carbocycles. The van der Waals surface area contributed by atoms with Crippen LogP contribution in [0, 0.1) is 0 Å². The number of nitrogens with zero attached hydrogens (tertiary/aromatic N) is 1. The van der Waals surface area contributed by atoms with E-state index in [1.807, 2.05) is 18.5 Å². The Balaban J connectivity index is 0.000000500. The summed E-state index contributed by atoms with van der Waals surface area (Å²) in [7, 11) is 0. The normalized spacial score (nSPS) is 9.20. The van der Waals surface area contributed by atoms with E-state index >= 15 is 0 Å². The lowest BCUT2D eigenvalue weighted by Crippen LogP contribution is -1.64. The van der Waals surface area contributed by atoms with Gasteiger partial charge in [-0.1, -0.05) is 0 Å². The van der Waals surface area contributed by atoms with E-state index < -0.39 is 0 Å². The Hall–Kier alpha value is -0.410. The molecule has 0 aliphatic rings. The van der Waals surface area contributed by atoms with Crippen molar-refractivity contribution in [1.29, 1.82) is 0 Å². The number of hydrogen-bond donors (Lipinski definition) is 0. The maximum Gasteiger partial charge on any atom is 0.0526 e. The van der Waals surface area contributed by atoms with Crippen LogP contribution in [0.1, 0.15) is 0 Å². The van der Waals surface area contributed by atoms with Gasteiger partial charge in [-0.05, 0) is 22.9 Å². The fourth-order valence-electron chi connectivity index (χ4n) is 0.808. The Morgan fingerprint density at radius 3 is 3.00 bits per heavy atom. The number of hydrogen-bond acceptors (Lipinski definition) is 2. The van der Waals surface area contributed by atoms with Gasteiger partial charge in [-0.15, -0.1) is 28.3 Å². The van der Waals surface area contributed by atoms with E-state index in [1.54, 1.807) is 11.3 Å². The fraction of sp³-hybridized carbons (Fsp3) is 0. The van der Waals surface area contributed by atoms with Gasteiger partial charge in [0.25, 0.3) is 0 Å². The lowest BCUT2D eigenvalue weighted by atomic mass is 10.3. The van der Waals surface area contributed by atoms with Gasteiger partial charge in [0.05, 0.1) is 4.70 Å². The lowest BCUT2D eigenvalue weighted by molar-refractivity contribution is 1.37. The fourth-order valence-corrected chi connectivity index (χ4v) is 1.56. The van der Waals surface area contributed by atoms with Crippen molar-refractivity contribution < 1.29 is 0 Å². The van der Waals surface area contributed by atoms with Crippen LogP contribution in [0.2, 0.25) is 0 Å². The molecule has 0 atom stereocenters. The quantitative estimate of drug-likeness (QED) is 0.659. The second-order valence-corrected chi connectivity index (χ2v) is 2.78. The highest BCUT2D eigenvalue weighted by atomic mass is 79.9. The van der Waals surface area contributed by atoms with Crippen LogP contribution >= 0.6 is 28.3 Å². The van der Waals surface area contributed by atoms with Gasteiger partial charge in [0.1, 0.15) is 0 Å². The summed E-state index contributed by atoms with van der Waals surface area (Å²) in [5.74, 6) is 0. The van der Waals surface area contributed by atoms with Gasteiger partial charge in [-0.3, -0.25) is 4.98 Å². The second-order valence-electron chi connectivity index (χ2n) is 1.83. The molecule has 0 aliphatic carbocycles. The van der Waals surface area contributed by atoms with Crippen LogP contribution in [0.15, 0.2) is 29.9 Å². The SMILES string of the molecule is Br.c1cc2ccsc2cn1. The molecule has 0 aliphatic heterocycles. The van der Waals surface area contributed by atoms with Crippen molar-refractivity contribution in [3.63, 3.8) is 0 Å². The van der Waals surface area contributed by atoms with Crippen molar-refractivity contribution in [2.24, 2.45) is 0 Å². The second kappa shape index (κ2) is 3.12. The zero-order valence-electron chi connectivity index (χ0n) is 5.15. The van der Waals surface area contributed by atoms with E-state index in [-0.39, 0.29) is 17.0 Å². The van der Waals surface area contributed by atoms with E-state index in [0.717, 1.165) is 0 Å². The lowest BCUT2D eigenvalue weighted by Gasteiger charge is -1.81. The topological polar surface area (TPSA) is 12.9 Å². The van der Waals surface area contributed by atoms with Crippen molar-refractivity contribution in [2.75, 3.05) is 0 Å². The maximum atomic E-state index is 4.00. The number of halogens is 1. The third-order valence-corrected chi connectivity index (χ3v) is 2.13. The number of rotatable bonds is 0. The first-order chi connectivity index (χ1) is 4.47. The Morgan fingerprint density at radius 2 is 2.20 bits per heavy atom. The Labute approximate surface area is 73.5 Å². The first-order valence-corrected chi connectivity index (χ1v) is 3.62. The monoisotopic (exact) mass is 215 g/mol. The molecule has 0 amide bonds. The molecule has 0 spiro atoms. The zero-order valence-corrected chi connectivity index (χ0v) is 7.68. The molecule has 0 radical (unpaired) electrons. The minimum atomic E-state index is 0. The van der Waals surface area contributed by atoms with Crippen LogP contribution < -0.4 is 0 Å². The van der Waals surface area contributed by atoms with Crippen molar-refractivity contribution in [3.05, 3.63) is 29.9 Å². The zero-order chi connectivity index (χ0) is 6.10. The van der Waals surface area contributed by atoms with Crippen LogP contribution in [-0.4, -0.2) is 4.98 Å². The minimum Gasteiger partial charge on any atom is -0.263 e. The summed E-state index contributed by atoms with van der Waals surface area (Å²) in [5.41, 5.74) is 0. The summed E-state index contributed by atoms with van der Waals surface area (Å²) >= 11 is 1.72. The summed E-state index contributed by atoms with van der Waals surface area (Å²) in [6.07, 6.45) is 3.70.